The van der Waals surface area contributed by atoms with Crippen LogP contribution < -0.4 is 11.1 Å². The van der Waals surface area contributed by atoms with Crippen molar-refractivity contribution in [1.29, 1.82) is 5.41 Å². The molecule has 0 aliphatic carbocycles. The van der Waals surface area contributed by atoms with Gasteiger partial charge in [-0.25, -0.2) is 9.59 Å². The van der Waals surface area contributed by atoms with E-state index in [-0.39, 0.29) is 17.9 Å². The summed E-state index contributed by atoms with van der Waals surface area (Å²) in [6.45, 7) is 0.382. The molecule has 7 N–H and O–H groups in total. The van der Waals surface area contributed by atoms with Crippen molar-refractivity contribution in [2.24, 2.45) is 10.7 Å². The van der Waals surface area contributed by atoms with Gasteiger partial charge in [-0.1, -0.05) is 0 Å². The number of hydrogen-bond acceptors (Lipinski definition) is 4. The summed E-state index contributed by atoms with van der Waals surface area (Å²) in [5.41, 5.74) is 5.00. The third-order valence-corrected chi connectivity index (χ3v) is 1.46. The summed E-state index contributed by atoms with van der Waals surface area (Å²) in [7, 11) is 0. The molecule has 0 rings (SSSR count). The summed E-state index contributed by atoms with van der Waals surface area (Å²) in [6.07, 6.45) is 1.88. The number of carbonyl (C=O) groups is 1. The van der Waals surface area contributed by atoms with Gasteiger partial charge in [0.25, 0.3) is 0 Å². The Morgan fingerprint density at radius 1 is 1.67 bits per heavy atom. The number of aliphatic carboxylic acids is 1. The fraction of sp³-hybridized carbons (Fsp3) is 0.571. The highest BCUT2D eigenvalue weighted by Gasteiger charge is 2.14. The normalized spacial score (nSPS) is 10.4. The quantitative estimate of drug-likeness (QED) is 0.179. The Morgan fingerprint density at radius 2 is 2.27 bits per heavy atom. The Bertz CT molecular complexity index is 260. The Hall–Kier alpha value is -1.92. The third-order valence-electron chi connectivity index (χ3n) is 1.46. The molecule has 0 aliphatic heterocycles. The number of carboxylic acids is 1. The zero-order chi connectivity index (χ0) is 11.0. The van der Waals surface area contributed by atoms with Crippen molar-refractivity contribution in [1.82, 2.24) is 5.32 Å². The smallest absolute Gasteiger partial charge is 0.329 e. The van der Waals surface area contributed by atoms with Gasteiger partial charge in [0.2, 0.25) is 6.08 Å². The number of nitrogens with two attached hydrogens (primary N) is 1. The van der Waals surface area contributed by atoms with E-state index >= 15 is 0 Å². The highest BCUT2D eigenvalue weighted by molar-refractivity contribution is 5.75. The number of guanidine groups is 1. The Labute approximate surface area is 86.0 Å². The van der Waals surface area contributed by atoms with Crippen LogP contribution in [-0.4, -0.2) is 41.2 Å². The highest BCUT2D eigenvalue weighted by atomic mass is 16.4. The van der Waals surface area contributed by atoms with Crippen molar-refractivity contribution in [2.75, 3.05) is 6.54 Å². The zero-order valence-corrected chi connectivity index (χ0v) is 7.99. The number of rotatable bonds is 6. The number of aliphatic imine (C=N–C) groups is 1. The molecule has 0 spiro atoms. The molecule has 0 aromatic rings. The Kier molecular flexibility index (Phi) is 8.98. The molecule has 0 saturated heterocycles. The van der Waals surface area contributed by atoms with Crippen LogP contribution in [0.4, 0.5) is 0 Å². The molecule has 0 bridgehead atoms. The molecule has 8 heteroatoms. The number of isocyanates is 1. The molecule has 15 heavy (non-hydrogen) atoms. The van der Waals surface area contributed by atoms with Crippen LogP contribution in [0.25, 0.3) is 0 Å². The molecular formula is C7H14N4O4. The van der Waals surface area contributed by atoms with Crippen molar-refractivity contribution in [3.8, 4) is 0 Å². The van der Waals surface area contributed by atoms with Crippen LogP contribution in [0.15, 0.2) is 4.99 Å². The zero-order valence-electron chi connectivity index (χ0n) is 7.99. The monoisotopic (exact) mass is 218 g/mol. The molecular weight excluding hydrogens is 204 g/mol. The summed E-state index contributed by atoms with van der Waals surface area (Å²) in [4.78, 5) is 23.4. The van der Waals surface area contributed by atoms with Crippen molar-refractivity contribution < 1.29 is 20.2 Å². The van der Waals surface area contributed by atoms with Gasteiger partial charge in [-0.05, 0) is 12.8 Å². The van der Waals surface area contributed by atoms with Crippen LogP contribution in [0.1, 0.15) is 12.8 Å². The lowest BCUT2D eigenvalue weighted by molar-refractivity contribution is -0.138. The van der Waals surface area contributed by atoms with Gasteiger partial charge in [-0.3, -0.25) is 5.41 Å². The molecule has 1 unspecified atom stereocenters. The van der Waals surface area contributed by atoms with Gasteiger partial charge < -0.3 is 21.6 Å². The maximum Gasteiger partial charge on any atom is 0.329 e. The van der Waals surface area contributed by atoms with E-state index < -0.39 is 12.0 Å². The average molecular weight is 218 g/mol. The Morgan fingerprint density at radius 3 is 2.67 bits per heavy atom. The van der Waals surface area contributed by atoms with Gasteiger partial charge in [0.05, 0.1) is 0 Å². The van der Waals surface area contributed by atoms with Crippen LogP contribution in [0.3, 0.4) is 0 Å². The minimum absolute atomic E-state index is 0. The lowest BCUT2D eigenvalue weighted by atomic mass is 10.1. The largest absolute Gasteiger partial charge is 0.480 e. The van der Waals surface area contributed by atoms with Crippen LogP contribution in [0.5, 0.6) is 0 Å². The van der Waals surface area contributed by atoms with Gasteiger partial charge >= 0.3 is 5.97 Å². The van der Waals surface area contributed by atoms with E-state index in [1.165, 1.54) is 6.08 Å². The van der Waals surface area contributed by atoms with Crippen LogP contribution in [-0.2, 0) is 9.59 Å². The van der Waals surface area contributed by atoms with E-state index in [0.29, 0.717) is 13.0 Å². The molecule has 0 fully saturated rings. The lowest BCUT2D eigenvalue weighted by Gasteiger charge is -2.05. The fourth-order valence-corrected chi connectivity index (χ4v) is 0.825. The minimum atomic E-state index is -1.16. The standard InChI is InChI=1S/C7H12N4O3.H2O/c8-7(9)10-3-1-2-5(6(13)14)11-4-12;/h5H,1-3H2,(H,13,14)(H4,8,9,10);1H2. The van der Waals surface area contributed by atoms with Crippen LogP contribution in [0, 0.1) is 5.41 Å². The summed E-state index contributed by atoms with van der Waals surface area (Å²) in [5.74, 6) is -1.33. The summed E-state index contributed by atoms with van der Waals surface area (Å²) < 4.78 is 0. The minimum Gasteiger partial charge on any atom is -0.480 e. The predicted octanol–water partition coefficient (Wildman–Crippen LogP) is -1.79. The van der Waals surface area contributed by atoms with E-state index in [9.17, 15) is 9.59 Å². The first-order valence-electron chi connectivity index (χ1n) is 3.95. The predicted molar refractivity (Wildman–Crippen MR) is 52.3 cm³/mol. The summed E-state index contributed by atoms with van der Waals surface area (Å²) >= 11 is 0. The maximum absolute atomic E-state index is 10.5. The molecule has 1 atom stereocenters. The first kappa shape index (κ1) is 15.5. The van der Waals surface area contributed by atoms with Crippen molar-refractivity contribution in [3.05, 3.63) is 0 Å². The number of nitrogens with zero attached hydrogens (tertiary/aromatic N) is 1. The van der Waals surface area contributed by atoms with Crippen molar-refractivity contribution >= 4 is 18.0 Å². The first-order chi connectivity index (χ1) is 6.57. The van der Waals surface area contributed by atoms with E-state index in [4.69, 9.17) is 16.2 Å². The van der Waals surface area contributed by atoms with E-state index in [2.05, 4.69) is 10.3 Å². The molecule has 86 valence electrons. The molecule has 0 heterocycles. The topological polar surface area (TPSA) is 160 Å². The van der Waals surface area contributed by atoms with E-state index in [1.54, 1.807) is 0 Å². The first-order valence-corrected chi connectivity index (χ1v) is 3.95. The van der Waals surface area contributed by atoms with Crippen molar-refractivity contribution in [2.45, 2.75) is 18.9 Å². The summed E-state index contributed by atoms with van der Waals surface area (Å²) in [6, 6.07) is -1.05. The third kappa shape index (κ3) is 8.41. The van der Waals surface area contributed by atoms with Gasteiger partial charge in [0, 0.05) is 6.54 Å². The number of nitrogens with one attached hydrogen (secondary N) is 2. The molecule has 8 nitrogen and oxygen atoms in total. The number of carbonyl (C=O) groups excluding carboxylic acids is 1. The van der Waals surface area contributed by atoms with Gasteiger partial charge in [-0.15, -0.1) is 0 Å². The average Bonchev–Trinajstić information content (AvgIpc) is 2.09. The van der Waals surface area contributed by atoms with E-state index in [0.717, 1.165) is 0 Å². The maximum atomic E-state index is 10.5. The summed E-state index contributed by atoms with van der Waals surface area (Å²) in [5, 5.41) is 17.9. The molecule has 0 amide bonds. The SMILES string of the molecule is N=C(N)NCCCC(N=C=O)C(=O)O.O. The van der Waals surface area contributed by atoms with Gasteiger partial charge in [0.15, 0.2) is 12.0 Å². The molecule has 0 aliphatic rings. The molecule has 0 aromatic heterocycles. The van der Waals surface area contributed by atoms with Crippen LogP contribution >= 0.6 is 0 Å². The Balaban J connectivity index is 0. The number of carboxylic acid groups (broad SMARTS) is 1. The fourth-order valence-electron chi connectivity index (χ4n) is 0.825. The molecule has 0 saturated carbocycles. The van der Waals surface area contributed by atoms with E-state index in [1.807, 2.05) is 0 Å². The second kappa shape index (κ2) is 8.67. The molecule has 0 aromatic carbocycles. The highest BCUT2D eigenvalue weighted by Crippen LogP contribution is 2.00. The van der Waals surface area contributed by atoms with Gasteiger partial charge in [0.1, 0.15) is 0 Å². The second-order valence-electron chi connectivity index (χ2n) is 2.56. The van der Waals surface area contributed by atoms with Crippen molar-refractivity contribution in [3.63, 3.8) is 0 Å². The lowest BCUT2D eigenvalue weighted by Crippen LogP contribution is -2.31. The second-order valence-corrected chi connectivity index (χ2v) is 2.56. The molecule has 0 radical (unpaired) electrons. The van der Waals surface area contributed by atoms with Crippen LogP contribution in [0.2, 0.25) is 0 Å². The number of hydrogen-bond donors (Lipinski definition) is 4. The van der Waals surface area contributed by atoms with Gasteiger partial charge in [-0.2, -0.15) is 4.99 Å².